The Balaban J connectivity index is 1.49. The summed E-state index contributed by atoms with van der Waals surface area (Å²) in [5.41, 5.74) is 0.356. The first kappa shape index (κ1) is 13.6. The summed E-state index contributed by atoms with van der Waals surface area (Å²) in [6, 6.07) is 6.19. The first-order chi connectivity index (χ1) is 9.95. The van der Waals surface area contributed by atoms with E-state index >= 15 is 0 Å². The Morgan fingerprint density at radius 2 is 1.86 bits per heavy atom. The minimum absolute atomic E-state index is 0.0344. The van der Waals surface area contributed by atoms with Crippen LogP contribution in [0, 0.1) is 23.7 Å². The van der Waals surface area contributed by atoms with E-state index in [-0.39, 0.29) is 10.8 Å². The summed E-state index contributed by atoms with van der Waals surface area (Å²) in [6.07, 6.45) is 3.94. The van der Waals surface area contributed by atoms with E-state index in [2.05, 4.69) is 5.32 Å². The number of amides is 1. The Kier molecular flexibility index (Phi) is 2.89. The molecule has 1 aromatic carbocycles. The summed E-state index contributed by atoms with van der Waals surface area (Å²) in [5, 5.41) is 3.07. The Hall–Kier alpha value is -1.07. The molecular formula is C15H16ClNO3S. The number of halogens is 1. The zero-order valence-corrected chi connectivity index (χ0v) is 12.9. The van der Waals surface area contributed by atoms with Gasteiger partial charge in [0.1, 0.15) is 0 Å². The van der Waals surface area contributed by atoms with Gasteiger partial charge in [0.25, 0.3) is 15.0 Å². The molecule has 6 heteroatoms. The van der Waals surface area contributed by atoms with Crippen LogP contribution >= 0.6 is 10.7 Å². The monoisotopic (exact) mass is 325 g/mol. The second-order valence-electron chi connectivity index (χ2n) is 6.45. The van der Waals surface area contributed by atoms with E-state index in [1.165, 1.54) is 31.4 Å². The zero-order chi connectivity index (χ0) is 14.8. The van der Waals surface area contributed by atoms with Crippen LogP contribution in [0.5, 0.6) is 0 Å². The summed E-state index contributed by atoms with van der Waals surface area (Å²) in [5.74, 6) is 2.70. The first-order valence-electron chi connectivity index (χ1n) is 7.31. The highest BCUT2D eigenvalue weighted by molar-refractivity contribution is 8.13. The maximum atomic E-state index is 12.3. The molecule has 2 bridgehead atoms. The van der Waals surface area contributed by atoms with Crippen molar-refractivity contribution in [1.82, 2.24) is 5.32 Å². The van der Waals surface area contributed by atoms with Crippen molar-refractivity contribution in [2.24, 2.45) is 23.7 Å². The number of nitrogens with one attached hydrogen (secondary N) is 1. The fraction of sp³-hybridized carbons (Fsp3) is 0.533. The van der Waals surface area contributed by atoms with Crippen LogP contribution in [-0.2, 0) is 9.05 Å². The van der Waals surface area contributed by atoms with E-state index in [9.17, 15) is 13.2 Å². The molecule has 3 fully saturated rings. The number of carbonyl (C=O) groups excluding carboxylic acids is 1. The van der Waals surface area contributed by atoms with Gasteiger partial charge in [-0.1, -0.05) is 6.07 Å². The lowest BCUT2D eigenvalue weighted by molar-refractivity contribution is 0.0944. The van der Waals surface area contributed by atoms with Crippen LogP contribution in [0.25, 0.3) is 0 Å². The molecule has 1 amide bonds. The van der Waals surface area contributed by atoms with E-state index in [0.717, 1.165) is 11.8 Å². The normalized spacial score (nSPS) is 36.3. The van der Waals surface area contributed by atoms with Crippen molar-refractivity contribution >= 4 is 25.6 Å². The average Bonchev–Trinajstić information content (AvgIpc) is 2.83. The van der Waals surface area contributed by atoms with Gasteiger partial charge in [-0.3, -0.25) is 4.79 Å². The first-order valence-corrected chi connectivity index (χ1v) is 9.61. The number of carbonyl (C=O) groups is 1. The molecule has 1 aromatic rings. The number of fused-ring (bicyclic) bond motifs is 5. The Morgan fingerprint density at radius 1 is 1.19 bits per heavy atom. The van der Waals surface area contributed by atoms with E-state index in [1.54, 1.807) is 12.1 Å². The lowest BCUT2D eigenvalue weighted by Crippen LogP contribution is -2.30. The Morgan fingerprint density at radius 3 is 2.48 bits per heavy atom. The molecule has 0 spiro atoms. The van der Waals surface area contributed by atoms with Crippen LogP contribution in [0.3, 0.4) is 0 Å². The van der Waals surface area contributed by atoms with Crippen molar-refractivity contribution in [1.29, 1.82) is 0 Å². The molecule has 0 radical (unpaired) electrons. The highest BCUT2D eigenvalue weighted by Crippen LogP contribution is 2.65. The fourth-order valence-electron chi connectivity index (χ4n) is 4.54. The van der Waals surface area contributed by atoms with Crippen molar-refractivity contribution in [2.45, 2.75) is 30.2 Å². The van der Waals surface area contributed by atoms with Gasteiger partial charge < -0.3 is 5.32 Å². The summed E-state index contributed by atoms with van der Waals surface area (Å²) >= 11 is 0. The molecule has 0 aromatic heterocycles. The van der Waals surface area contributed by atoms with Crippen LogP contribution < -0.4 is 5.32 Å². The quantitative estimate of drug-likeness (QED) is 0.868. The van der Waals surface area contributed by atoms with Gasteiger partial charge in [-0.05, 0) is 61.1 Å². The standard InChI is InChI=1S/C15H16ClNO3S/c16-21(19,20)11-3-1-2-10(7-11)15(18)17-14-12-8-4-5-9(6-8)13(12)14/h1-3,7-9,12-14H,4-6H2,(H,17,18). The minimum Gasteiger partial charge on any atom is -0.349 e. The van der Waals surface area contributed by atoms with Crippen molar-refractivity contribution in [3.63, 3.8) is 0 Å². The maximum Gasteiger partial charge on any atom is 0.261 e. The molecular weight excluding hydrogens is 310 g/mol. The van der Waals surface area contributed by atoms with Crippen LogP contribution in [0.4, 0.5) is 0 Å². The summed E-state index contributed by atoms with van der Waals surface area (Å²) in [4.78, 5) is 12.3. The molecule has 21 heavy (non-hydrogen) atoms. The van der Waals surface area contributed by atoms with Crippen LogP contribution in [0.2, 0.25) is 0 Å². The van der Waals surface area contributed by atoms with Gasteiger partial charge in [-0.25, -0.2) is 8.42 Å². The predicted molar refractivity (Wildman–Crippen MR) is 78.5 cm³/mol. The molecule has 4 rings (SSSR count). The lowest BCUT2D eigenvalue weighted by atomic mass is 10.0. The summed E-state index contributed by atoms with van der Waals surface area (Å²) in [7, 11) is 1.52. The maximum absolute atomic E-state index is 12.3. The fourth-order valence-corrected chi connectivity index (χ4v) is 5.34. The van der Waals surface area contributed by atoms with Gasteiger partial charge in [0.15, 0.2) is 0 Å². The van der Waals surface area contributed by atoms with Gasteiger partial charge >= 0.3 is 0 Å². The number of rotatable bonds is 3. The molecule has 4 atom stereocenters. The van der Waals surface area contributed by atoms with E-state index in [1.807, 2.05) is 0 Å². The molecule has 0 aliphatic heterocycles. The third-order valence-electron chi connectivity index (χ3n) is 5.41. The van der Waals surface area contributed by atoms with Crippen LogP contribution in [0.15, 0.2) is 29.2 Å². The molecule has 3 aliphatic carbocycles. The van der Waals surface area contributed by atoms with Crippen LogP contribution in [0.1, 0.15) is 29.6 Å². The van der Waals surface area contributed by atoms with Gasteiger partial charge in [0, 0.05) is 22.3 Å². The molecule has 4 nitrogen and oxygen atoms in total. The lowest BCUT2D eigenvalue weighted by Gasteiger charge is -2.11. The Labute approximate surface area is 128 Å². The van der Waals surface area contributed by atoms with E-state index < -0.39 is 9.05 Å². The van der Waals surface area contributed by atoms with Gasteiger partial charge in [0.2, 0.25) is 0 Å². The number of hydrogen-bond acceptors (Lipinski definition) is 3. The van der Waals surface area contributed by atoms with Crippen molar-refractivity contribution in [2.75, 3.05) is 0 Å². The zero-order valence-electron chi connectivity index (χ0n) is 11.3. The Bertz CT molecular complexity index is 701. The summed E-state index contributed by atoms with van der Waals surface area (Å²) < 4.78 is 22.7. The second-order valence-corrected chi connectivity index (χ2v) is 9.02. The third-order valence-corrected chi connectivity index (χ3v) is 6.76. The number of hydrogen-bond donors (Lipinski definition) is 1. The van der Waals surface area contributed by atoms with Gasteiger partial charge in [-0.2, -0.15) is 0 Å². The molecule has 3 aliphatic rings. The smallest absolute Gasteiger partial charge is 0.261 e. The largest absolute Gasteiger partial charge is 0.349 e. The average molecular weight is 326 g/mol. The van der Waals surface area contributed by atoms with Crippen LogP contribution in [-0.4, -0.2) is 20.4 Å². The van der Waals surface area contributed by atoms with Crippen molar-refractivity contribution in [3.05, 3.63) is 29.8 Å². The third kappa shape index (κ3) is 2.18. The van der Waals surface area contributed by atoms with E-state index in [4.69, 9.17) is 10.7 Å². The molecule has 0 heterocycles. The second kappa shape index (κ2) is 4.46. The van der Waals surface area contributed by atoms with Gasteiger partial charge in [-0.15, -0.1) is 0 Å². The molecule has 4 unspecified atom stereocenters. The SMILES string of the molecule is O=C(NC1C2C3CCC(C3)C12)c1cccc(S(=O)(=O)Cl)c1. The van der Waals surface area contributed by atoms with E-state index in [0.29, 0.717) is 23.4 Å². The number of benzene rings is 1. The van der Waals surface area contributed by atoms with Crippen molar-refractivity contribution in [3.8, 4) is 0 Å². The topological polar surface area (TPSA) is 63.2 Å². The minimum atomic E-state index is -3.80. The highest BCUT2D eigenvalue weighted by atomic mass is 35.7. The summed E-state index contributed by atoms with van der Waals surface area (Å²) in [6.45, 7) is 0. The molecule has 112 valence electrons. The van der Waals surface area contributed by atoms with Gasteiger partial charge in [0.05, 0.1) is 4.90 Å². The molecule has 3 saturated carbocycles. The molecule has 0 saturated heterocycles. The highest BCUT2D eigenvalue weighted by Gasteiger charge is 2.65. The molecule has 1 N–H and O–H groups in total. The van der Waals surface area contributed by atoms with Crippen molar-refractivity contribution < 1.29 is 13.2 Å². The predicted octanol–water partition coefficient (Wildman–Crippen LogP) is 2.39.